The van der Waals surface area contributed by atoms with E-state index >= 15 is 0 Å². The molecule has 0 spiro atoms. The number of carbonyl (C=O) groups excluding carboxylic acids is 3. The number of benzene rings is 2. The van der Waals surface area contributed by atoms with E-state index in [1.165, 1.54) is 4.90 Å². The highest BCUT2D eigenvalue weighted by Gasteiger charge is 2.20. The van der Waals surface area contributed by atoms with Crippen LogP contribution in [0.2, 0.25) is 0 Å². The minimum atomic E-state index is -0.715. The molecule has 0 aliphatic carbocycles. The van der Waals surface area contributed by atoms with E-state index in [0.717, 1.165) is 4.47 Å². The maximum atomic E-state index is 12.4. The molecule has 6 nitrogen and oxygen atoms in total. The van der Waals surface area contributed by atoms with Gasteiger partial charge in [0, 0.05) is 22.1 Å². The summed E-state index contributed by atoms with van der Waals surface area (Å²) in [7, 11) is 0. The molecule has 0 heterocycles. The third-order valence-electron chi connectivity index (χ3n) is 3.53. The van der Waals surface area contributed by atoms with Crippen molar-refractivity contribution in [2.75, 3.05) is 26.3 Å². The van der Waals surface area contributed by atoms with Crippen molar-refractivity contribution < 1.29 is 24.2 Å². The number of aliphatic hydroxyl groups excluding tert-OH is 1. The summed E-state index contributed by atoms with van der Waals surface area (Å²) in [5.74, 6) is -1.45. The zero-order valence-corrected chi connectivity index (χ0v) is 15.5. The van der Waals surface area contributed by atoms with Crippen LogP contribution in [0.1, 0.15) is 20.7 Å². The van der Waals surface area contributed by atoms with E-state index in [4.69, 9.17) is 9.84 Å². The first-order chi connectivity index (χ1) is 12.5. The van der Waals surface area contributed by atoms with E-state index in [2.05, 4.69) is 15.9 Å². The minimum absolute atomic E-state index is 0.0104. The molecular formula is C19H18BrNO5. The van der Waals surface area contributed by atoms with E-state index in [1.807, 2.05) is 0 Å². The third-order valence-corrected chi connectivity index (χ3v) is 4.06. The summed E-state index contributed by atoms with van der Waals surface area (Å²) in [6, 6.07) is 15.1. The maximum Gasteiger partial charge on any atom is 0.326 e. The van der Waals surface area contributed by atoms with Crippen molar-refractivity contribution >= 4 is 33.6 Å². The number of Topliss-reactive ketones (excluding diaryl/α,β-unsaturated/α-hetero) is 1. The van der Waals surface area contributed by atoms with Crippen molar-refractivity contribution in [3.8, 4) is 0 Å². The van der Waals surface area contributed by atoms with Crippen LogP contribution < -0.4 is 0 Å². The predicted octanol–water partition coefficient (Wildman–Crippen LogP) is 2.31. The van der Waals surface area contributed by atoms with Gasteiger partial charge in [0.2, 0.25) is 0 Å². The lowest BCUT2D eigenvalue weighted by molar-refractivity contribution is -0.143. The first kappa shape index (κ1) is 19.8. The van der Waals surface area contributed by atoms with Crippen molar-refractivity contribution in [1.29, 1.82) is 0 Å². The summed E-state index contributed by atoms with van der Waals surface area (Å²) in [6.45, 7) is -1.05. The molecule has 2 aromatic carbocycles. The quantitative estimate of drug-likeness (QED) is 0.524. The molecule has 0 bridgehead atoms. The van der Waals surface area contributed by atoms with E-state index in [9.17, 15) is 14.4 Å². The largest absolute Gasteiger partial charge is 0.456 e. The van der Waals surface area contributed by atoms with E-state index in [0.29, 0.717) is 11.1 Å². The fourth-order valence-corrected chi connectivity index (χ4v) is 2.47. The fraction of sp³-hybridized carbons (Fsp3) is 0.211. The lowest BCUT2D eigenvalue weighted by Gasteiger charge is -2.20. The average Bonchev–Trinajstić information content (AvgIpc) is 2.66. The van der Waals surface area contributed by atoms with Gasteiger partial charge in [-0.25, -0.2) is 0 Å². The van der Waals surface area contributed by atoms with Gasteiger partial charge in [0.05, 0.1) is 6.61 Å². The SMILES string of the molecule is O=C(CN(CCO)C(=O)c1ccccc1)OCC(=O)c1ccc(Br)cc1. The summed E-state index contributed by atoms with van der Waals surface area (Å²) in [5.41, 5.74) is 0.827. The van der Waals surface area contributed by atoms with Gasteiger partial charge in [-0.1, -0.05) is 46.3 Å². The Balaban J connectivity index is 1.92. The first-order valence-electron chi connectivity index (χ1n) is 7.91. The molecule has 0 radical (unpaired) electrons. The Morgan fingerprint density at radius 1 is 0.962 bits per heavy atom. The summed E-state index contributed by atoms with van der Waals surface area (Å²) < 4.78 is 5.81. The molecule has 26 heavy (non-hydrogen) atoms. The van der Waals surface area contributed by atoms with Gasteiger partial charge in [-0.3, -0.25) is 14.4 Å². The summed E-state index contributed by atoms with van der Waals surface area (Å²) in [4.78, 5) is 37.6. The van der Waals surface area contributed by atoms with E-state index < -0.39 is 18.5 Å². The number of ketones is 1. The topological polar surface area (TPSA) is 83.9 Å². The Kier molecular flexibility index (Phi) is 7.50. The summed E-state index contributed by atoms with van der Waals surface area (Å²) in [6.07, 6.45) is 0. The molecule has 2 rings (SSSR count). The molecule has 0 aromatic heterocycles. The first-order valence-corrected chi connectivity index (χ1v) is 8.70. The van der Waals surface area contributed by atoms with Gasteiger partial charge in [-0.05, 0) is 24.3 Å². The highest BCUT2D eigenvalue weighted by Crippen LogP contribution is 2.11. The van der Waals surface area contributed by atoms with Crippen LogP contribution in [0.15, 0.2) is 59.1 Å². The smallest absolute Gasteiger partial charge is 0.326 e. The van der Waals surface area contributed by atoms with Crippen LogP contribution in [0.5, 0.6) is 0 Å². The Hall–Kier alpha value is -2.51. The lowest BCUT2D eigenvalue weighted by Crippen LogP contribution is -2.38. The molecule has 136 valence electrons. The summed E-state index contributed by atoms with van der Waals surface area (Å²) in [5, 5.41) is 9.13. The maximum absolute atomic E-state index is 12.4. The molecule has 0 aliphatic rings. The number of esters is 1. The number of hydrogen-bond donors (Lipinski definition) is 1. The van der Waals surface area contributed by atoms with Crippen LogP contribution in [-0.4, -0.2) is 54.0 Å². The Morgan fingerprint density at radius 2 is 1.62 bits per heavy atom. The number of carbonyl (C=O) groups is 3. The van der Waals surface area contributed by atoms with Gasteiger partial charge in [0.25, 0.3) is 5.91 Å². The summed E-state index contributed by atoms with van der Waals surface area (Å²) >= 11 is 3.28. The molecule has 2 aromatic rings. The second kappa shape index (κ2) is 9.84. The number of aliphatic hydroxyl groups is 1. The molecule has 1 N–H and O–H groups in total. The number of halogens is 1. The monoisotopic (exact) mass is 419 g/mol. The predicted molar refractivity (Wildman–Crippen MR) is 98.9 cm³/mol. The van der Waals surface area contributed by atoms with Crippen molar-refractivity contribution in [2.45, 2.75) is 0 Å². The molecule has 0 saturated heterocycles. The molecule has 0 fully saturated rings. The molecule has 7 heteroatoms. The molecule has 0 saturated carbocycles. The normalized spacial score (nSPS) is 10.2. The number of ether oxygens (including phenoxy) is 1. The van der Waals surface area contributed by atoms with Crippen LogP contribution in [0, 0.1) is 0 Å². The lowest BCUT2D eigenvalue weighted by atomic mass is 10.1. The van der Waals surface area contributed by atoms with Gasteiger partial charge in [0.15, 0.2) is 12.4 Å². The Bertz CT molecular complexity index is 761. The van der Waals surface area contributed by atoms with Crippen LogP contribution in [-0.2, 0) is 9.53 Å². The van der Waals surface area contributed by atoms with Crippen LogP contribution in [0.25, 0.3) is 0 Å². The highest BCUT2D eigenvalue weighted by atomic mass is 79.9. The number of rotatable bonds is 8. The zero-order chi connectivity index (χ0) is 18.9. The molecule has 0 atom stereocenters. The number of amides is 1. The van der Waals surface area contributed by atoms with E-state index in [1.54, 1.807) is 54.6 Å². The Labute approximate surface area is 159 Å². The number of nitrogens with zero attached hydrogens (tertiary/aromatic N) is 1. The van der Waals surface area contributed by atoms with Gasteiger partial charge >= 0.3 is 5.97 Å². The minimum Gasteiger partial charge on any atom is -0.456 e. The average molecular weight is 420 g/mol. The zero-order valence-electron chi connectivity index (χ0n) is 13.9. The molecular weight excluding hydrogens is 402 g/mol. The Morgan fingerprint density at radius 3 is 2.23 bits per heavy atom. The van der Waals surface area contributed by atoms with Gasteiger partial charge < -0.3 is 14.7 Å². The van der Waals surface area contributed by atoms with E-state index in [-0.39, 0.29) is 25.5 Å². The molecule has 0 unspecified atom stereocenters. The van der Waals surface area contributed by atoms with Crippen molar-refractivity contribution in [1.82, 2.24) is 4.90 Å². The van der Waals surface area contributed by atoms with Gasteiger partial charge in [0.1, 0.15) is 6.54 Å². The number of hydrogen-bond acceptors (Lipinski definition) is 5. The fourth-order valence-electron chi connectivity index (χ4n) is 2.20. The molecule has 0 aliphatic heterocycles. The van der Waals surface area contributed by atoms with Crippen molar-refractivity contribution in [3.63, 3.8) is 0 Å². The van der Waals surface area contributed by atoms with Gasteiger partial charge in [-0.2, -0.15) is 0 Å². The van der Waals surface area contributed by atoms with Gasteiger partial charge in [-0.15, -0.1) is 0 Å². The highest BCUT2D eigenvalue weighted by molar-refractivity contribution is 9.10. The standard InChI is InChI=1S/C19H18BrNO5/c20-16-8-6-14(7-9-16)17(23)13-26-18(24)12-21(10-11-22)19(25)15-4-2-1-3-5-15/h1-9,22H,10-13H2. The van der Waals surface area contributed by atoms with Crippen LogP contribution in [0.3, 0.4) is 0 Å². The molecule has 1 amide bonds. The third kappa shape index (κ3) is 5.79. The van der Waals surface area contributed by atoms with Crippen molar-refractivity contribution in [3.05, 3.63) is 70.2 Å². The second-order valence-corrected chi connectivity index (χ2v) is 6.32. The van der Waals surface area contributed by atoms with Crippen molar-refractivity contribution in [2.24, 2.45) is 0 Å². The second-order valence-electron chi connectivity index (χ2n) is 5.41. The van der Waals surface area contributed by atoms with Crippen LogP contribution in [0.4, 0.5) is 0 Å². The van der Waals surface area contributed by atoms with Crippen LogP contribution >= 0.6 is 15.9 Å².